The third-order valence-electron chi connectivity index (χ3n) is 3.35. The Balaban J connectivity index is 1.76. The maximum atomic E-state index is 11.9. The van der Waals surface area contributed by atoms with Crippen molar-refractivity contribution < 1.29 is 18.8 Å². The minimum Gasteiger partial charge on any atom is -0.481 e. The lowest BCUT2D eigenvalue weighted by molar-refractivity contribution is -0.138. The first-order valence-corrected chi connectivity index (χ1v) is 7.27. The molecule has 92 valence electrons. The molecule has 1 heterocycles. The van der Waals surface area contributed by atoms with Crippen molar-refractivity contribution in [1.29, 1.82) is 0 Å². The van der Waals surface area contributed by atoms with Gasteiger partial charge >= 0.3 is 5.97 Å². The van der Waals surface area contributed by atoms with Gasteiger partial charge in [0.25, 0.3) is 0 Å². The van der Waals surface area contributed by atoms with Crippen molar-refractivity contribution in [3.8, 4) is 0 Å². The molecule has 1 saturated heterocycles. The molecule has 0 aromatic rings. The quantitative estimate of drug-likeness (QED) is 0.764. The van der Waals surface area contributed by atoms with Gasteiger partial charge in [-0.15, -0.1) is 0 Å². The van der Waals surface area contributed by atoms with Gasteiger partial charge in [0, 0.05) is 28.9 Å². The molecule has 1 saturated carbocycles. The highest BCUT2D eigenvalue weighted by Gasteiger charge is 2.45. The van der Waals surface area contributed by atoms with E-state index >= 15 is 0 Å². The summed E-state index contributed by atoms with van der Waals surface area (Å²) >= 11 is 0. The van der Waals surface area contributed by atoms with Crippen molar-refractivity contribution in [2.75, 3.05) is 18.1 Å². The summed E-state index contributed by atoms with van der Waals surface area (Å²) in [7, 11) is -0.922. The van der Waals surface area contributed by atoms with Crippen molar-refractivity contribution in [1.82, 2.24) is 0 Å². The van der Waals surface area contributed by atoms with Gasteiger partial charge < -0.3 is 9.84 Å². The Kier molecular flexibility index (Phi) is 3.64. The second-order valence-electron chi connectivity index (χ2n) is 4.96. The van der Waals surface area contributed by atoms with Crippen LogP contribution in [0.4, 0.5) is 0 Å². The van der Waals surface area contributed by atoms with Crippen LogP contribution in [0.15, 0.2) is 0 Å². The molecule has 1 aliphatic carbocycles. The van der Waals surface area contributed by atoms with Gasteiger partial charge in [-0.05, 0) is 31.1 Å². The first kappa shape index (κ1) is 12.0. The highest BCUT2D eigenvalue weighted by Crippen LogP contribution is 2.49. The summed E-state index contributed by atoms with van der Waals surface area (Å²) in [5, 5.41) is 8.76. The molecule has 2 unspecified atom stereocenters. The molecule has 1 N–H and O–H groups in total. The SMILES string of the molecule is O=C(O)CC1(CS(=O)CC2CCCO2)CC1. The van der Waals surface area contributed by atoms with Gasteiger partial charge in [0.15, 0.2) is 0 Å². The number of carbonyl (C=O) groups is 1. The molecule has 2 atom stereocenters. The maximum absolute atomic E-state index is 11.9. The smallest absolute Gasteiger partial charge is 0.303 e. The van der Waals surface area contributed by atoms with Gasteiger partial charge in [-0.25, -0.2) is 0 Å². The third-order valence-corrected chi connectivity index (χ3v) is 5.02. The van der Waals surface area contributed by atoms with Crippen molar-refractivity contribution in [2.24, 2.45) is 5.41 Å². The molecule has 16 heavy (non-hydrogen) atoms. The molecule has 0 amide bonds. The summed E-state index contributed by atoms with van der Waals surface area (Å²) in [6.07, 6.45) is 4.19. The van der Waals surface area contributed by atoms with E-state index in [9.17, 15) is 9.00 Å². The van der Waals surface area contributed by atoms with Crippen LogP contribution in [0, 0.1) is 5.41 Å². The zero-order chi connectivity index (χ0) is 11.6. The van der Waals surface area contributed by atoms with Crippen molar-refractivity contribution in [3.05, 3.63) is 0 Å². The van der Waals surface area contributed by atoms with Crippen LogP contribution >= 0.6 is 0 Å². The van der Waals surface area contributed by atoms with Crippen LogP contribution in [0.2, 0.25) is 0 Å². The number of carboxylic acids is 1. The monoisotopic (exact) mass is 246 g/mol. The Bertz CT molecular complexity index is 292. The lowest BCUT2D eigenvalue weighted by Gasteiger charge is -2.14. The number of carboxylic acid groups (broad SMARTS) is 1. The Labute approximate surface area is 97.8 Å². The van der Waals surface area contributed by atoms with E-state index in [1.54, 1.807) is 0 Å². The number of hydrogen-bond acceptors (Lipinski definition) is 3. The fourth-order valence-electron chi connectivity index (χ4n) is 2.25. The van der Waals surface area contributed by atoms with Crippen LogP contribution in [0.1, 0.15) is 32.1 Å². The average molecular weight is 246 g/mol. The van der Waals surface area contributed by atoms with E-state index in [0.717, 1.165) is 32.3 Å². The molecule has 0 spiro atoms. The molecule has 0 aromatic carbocycles. The van der Waals surface area contributed by atoms with Crippen LogP contribution in [0.25, 0.3) is 0 Å². The van der Waals surface area contributed by atoms with Crippen LogP contribution in [-0.4, -0.2) is 39.5 Å². The van der Waals surface area contributed by atoms with E-state index in [2.05, 4.69) is 0 Å². The van der Waals surface area contributed by atoms with Gasteiger partial charge in [0.05, 0.1) is 12.5 Å². The second kappa shape index (κ2) is 4.84. The largest absolute Gasteiger partial charge is 0.481 e. The van der Waals surface area contributed by atoms with Gasteiger partial charge in [-0.1, -0.05) is 0 Å². The molecular weight excluding hydrogens is 228 g/mol. The molecule has 2 rings (SSSR count). The number of rotatable bonds is 6. The zero-order valence-corrected chi connectivity index (χ0v) is 10.1. The fourth-order valence-corrected chi connectivity index (χ4v) is 4.12. The molecule has 2 aliphatic rings. The minimum absolute atomic E-state index is 0.140. The molecule has 2 fully saturated rings. The Morgan fingerprint density at radius 1 is 1.50 bits per heavy atom. The topological polar surface area (TPSA) is 63.6 Å². The summed E-state index contributed by atoms with van der Waals surface area (Å²) < 4.78 is 17.3. The average Bonchev–Trinajstić information content (AvgIpc) is 2.74. The van der Waals surface area contributed by atoms with Crippen molar-refractivity contribution in [2.45, 2.75) is 38.2 Å². The number of ether oxygens (including phenoxy) is 1. The summed E-state index contributed by atoms with van der Waals surface area (Å²) in [4.78, 5) is 10.7. The number of aliphatic carboxylic acids is 1. The molecule has 4 nitrogen and oxygen atoms in total. The lowest BCUT2D eigenvalue weighted by Crippen LogP contribution is -2.23. The van der Waals surface area contributed by atoms with Crippen molar-refractivity contribution in [3.63, 3.8) is 0 Å². The van der Waals surface area contributed by atoms with Crippen LogP contribution in [-0.2, 0) is 20.3 Å². The first-order valence-electron chi connectivity index (χ1n) is 5.78. The van der Waals surface area contributed by atoms with E-state index in [0.29, 0.717) is 11.5 Å². The van der Waals surface area contributed by atoms with Gasteiger partial charge in [-0.3, -0.25) is 9.00 Å². The normalized spacial score (nSPS) is 28.9. The Hall–Kier alpha value is -0.420. The highest BCUT2D eigenvalue weighted by atomic mass is 32.2. The Morgan fingerprint density at radius 3 is 2.75 bits per heavy atom. The van der Waals surface area contributed by atoms with Gasteiger partial charge in [-0.2, -0.15) is 0 Å². The van der Waals surface area contributed by atoms with E-state index in [4.69, 9.17) is 9.84 Å². The summed E-state index contributed by atoms with van der Waals surface area (Å²) in [5.41, 5.74) is -0.157. The molecule has 0 radical (unpaired) electrons. The van der Waals surface area contributed by atoms with Gasteiger partial charge in [0.1, 0.15) is 0 Å². The highest BCUT2D eigenvalue weighted by molar-refractivity contribution is 7.85. The van der Waals surface area contributed by atoms with E-state index in [-0.39, 0.29) is 17.9 Å². The van der Waals surface area contributed by atoms with Crippen LogP contribution in [0.5, 0.6) is 0 Å². The standard InChI is InChI=1S/C11H18O4S/c12-10(13)6-11(3-4-11)8-16(14)7-9-2-1-5-15-9/h9H,1-8H2,(H,12,13). The maximum Gasteiger partial charge on any atom is 0.303 e. The molecular formula is C11H18O4S. The molecule has 0 aromatic heterocycles. The van der Waals surface area contributed by atoms with Crippen LogP contribution in [0.3, 0.4) is 0 Å². The first-order chi connectivity index (χ1) is 7.60. The Morgan fingerprint density at radius 2 is 2.25 bits per heavy atom. The fraction of sp³-hybridized carbons (Fsp3) is 0.909. The van der Waals surface area contributed by atoms with E-state index < -0.39 is 16.8 Å². The zero-order valence-electron chi connectivity index (χ0n) is 9.31. The predicted octanol–water partition coefficient (Wildman–Crippen LogP) is 1.17. The van der Waals surface area contributed by atoms with E-state index in [1.807, 2.05) is 0 Å². The summed E-state index contributed by atoms with van der Waals surface area (Å²) in [6.45, 7) is 0.780. The summed E-state index contributed by atoms with van der Waals surface area (Å²) in [6, 6.07) is 0. The predicted molar refractivity (Wildman–Crippen MR) is 60.8 cm³/mol. The van der Waals surface area contributed by atoms with Crippen molar-refractivity contribution >= 4 is 16.8 Å². The van der Waals surface area contributed by atoms with Crippen LogP contribution < -0.4 is 0 Å². The third kappa shape index (κ3) is 3.28. The molecule has 1 aliphatic heterocycles. The van der Waals surface area contributed by atoms with E-state index in [1.165, 1.54) is 0 Å². The lowest BCUT2D eigenvalue weighted by atomic mass is 10.1. The second-order valence-corrected chi connectivity index (χ2v) is 6.46. The van der Waals surface area contributed by atoms with Gasteiger partial charge in [0.2, 0.25) is 0 Å². The molecule has 5 heteroatoms. The minimum atomic E-state index is -0.922. The number of hydrogen-bond donors (Lipinski definition) is 1. The molecule has 0 bridgehead atoms. The summed E-state index contributed by atoms with van der Waals surface area (Å²) in [5.74, 6) is 0.354.